The van der Waals surface area contributed by atoms with Gasteiger partial charge in [0.15, 0.2) is 0 Å². The van der Waals surface area contributed by atoms with Gasteiger partial charge in [-0.3, -0.25) is 9.59 Å². The Morgan fingerprint density at radius 2 is 2.00 bits per heavy atom. The van der Waals surface area contributed by atoms with Crippen molar-refractivity contribution >= 4 is 23.2 Å². The Kier molecular flexibility index (Phi) is 6.29. The van der Waals surface area contributed by atoms with Crippen molar-refractivity contribution in [2.45, 2.75) is 25.8 Å². The van der Waals surface area contributed by atoms with Gasteiger partial charge in [0.05, 0.1) is 11.6 Å². The third-order valence-corrected chi connectivity index (χ3v) is 4.37. The maximum atomic E-state index is 13.5. The van der Waals surface area contributed by atoms with Crippen molar-refractivity contribution in [2.24, 2.45) is 0 Å². The highest BCUT2D eigenvalue weighted by atomic mass is 32.1. The smallest absolute Gasteiger partial charge is 0.254 e. The van der Waals surface area contributed by atoms with Gasteiger partial charge in [-0.1, -0.05) is 25.1 Å². The highest BCUT2D eigenvalue weighted by Gasteiger charge is 2.14. The van der Waals surface area contributed by atoms with Crippen LogP contribution in [-0.2, 0) is 4.79 Å². The second kappa shape index (κ2) is 8.43. The van der Waals surface area contributed by atoms with Crippen LogP contribution in [0.1, 0.15) is 41.0 Å². The normalized spacial score (nSPS) is 11.7. The number of nitrogens with one attached hydrogen (secondary N) is 2. The molecule has 0 aliphatic carbocycles. The first-order valence-corrected chi connectivity index (χ1v) is 8.35. The number of carbonyl (C=O) groups excluding carboxylic acids is 2. The van der Waals surface area contributed by atoms with E-state index in [0.717, 1.165) is 11.3 Å². The Labute approximate surface area is 138 Å². The molecule has 1 aromatic heterocycles. The summed E-state index contributed by atoms with van der Waals surface area (Å²) in [5.41, 5.74) is -0.0158. The SMILES string of the molecule is CCC(NC(=O)CCNC(=O)c1ccccc1F)c1cccs1. The van der Waals surface area contributed by atoms with Gasteiger partial charge in [0.25, 0.3) is 5.91 Å². The standard InChI is InChI=1S/C17H19FN2O2S/c1-2-14(15-8-5-11-23-15)20-16(21)9-10-19-17(22)12-6-3-4-7-13(12)18/h3-8,11,14H,2,9-10H2,1H3,(H,19,22)(H,20,21). The molecule has 0 aliphatic heterocycles. The van der Waals surface area contributed by atoms with E-state index in [-0.39, 0.29) is 30.5 Å². The molecule has 1 unspecified atom stereocenters. The molecule has 0 bridgehead atoms. The minimum atomic E-state index is -0.571. The van der Waals surface area contributed by atoms with Crippen LogP contribution in [0.25, 0.3) is 0 Å². The van der Waals surface area contributed by atoms with E-state index < -0.39 is 11.7 Å². The van der Waals surface area contributed by atoms with Crippen molar-refractivity contribution in [3.8, 4) is 0 Å². The van der Waals surface area contributed by atoms with Crippen molar-refractivity contribution in [1.29, 1.82) is 0 Å². The molecule has 1 aromatic carbocycles. The van der Waals surface area contributed by atoms with Crippen molar-refractivity contribution in [3.05, 3.63) is 58.0 Å². The number of rotatable bonds is 7. The highest BCUT2D eigenvalue weighted by molar-refractivity contribution is 7.10. The lowest BCUT2D eigenvalue weighted by Gasteiger charge is -2.15. The molecule has 0 fully saturated rings. The number of halogens is 1. The molecule has 2 N–H and O–H groups in total. The quantitative estimate of drug-likeness (QED) is 0.816. The number of hydrogen-bond acceptors (Lipinski definition) is 3. The Morgan fingerprint density at radius 3 is 2.65 bits per heavy atom. The van der Waals surface area contributed by atoms with Crippen LogP contribution >= 0.6 is 11.3 Å². The summed E-state index contributed by atoms with van der Waals surface area (Å²) >= 11 is 1.60. The van der Waals surface area contributed by atoms with Gasteiger partial charge in [0, 0.05) is 17.8 Å². The molecule has 2 rings (SSSR count). The molecule has 0 aliphatic rings. The van der Waals surface area contributed by atoms with Gasteiger partial charge in [-0.05, 0) is 30.0 Å². The fraction of sp³-hybridized carbons (Fsp3) is 0.294. The minimum Gasteiger partial charge on any atom is -0.351 e. The molecule has 4 nitrogen and oxygen atoms in total. The Balaban J connectivity index is 1.78. The average Bonchev–Trinajstić information content (AvgIpc) is 3.07. The predicted molar refractivity (Wildman–Crippen MR) is 88.8 cm³/mol. The zero-order chi connectivity index (χ0) is 16.7. The van der Waals surface area contributed by atoms with E-state index in [1.54, 1.807) is 17.4 Å². The first kappa shape index (κ1) is 17.1. The Bertz CT molecular complexity index is 658. The van der Waals surface area contributed by atoms with Gasteiger partial charge in [-0.2, -0.15) is 0 Å². The zero-order valence-electron chi connectivity index (χ0n) is 12.8. The topological polar surface area (TPSA) is 58.2 Å². The van der Waals surface area contributed by atoms with Gasteiger partial charge in [0.1, 0.15) is 5.82 Å². The van der Waals surface area contributed by atoms with Crippen molar-refractivity contribution in [1.82, 2.24) is 10.6 Å². The third kappa shape index (κ3) is 4.89. The van der Waals surface area contributed by atoms with Crippen LogP contribution in [-0.4, -0.2) is 18.4 Å². The summed E-state index contributed by atoms with van der Waals surface area (Å²) in [6.07, 6.45) is 0.954. The summed E-state index contributed by atoms with van der Waals surface area (Å²) in [6.45, 7) is 2.17. The first-order valence-electron chi connectivity index (χ1n) is 7.47. The number of benzene rings is 1. The van der Waals surface area contributed by atoms with E-state index in [9.17, 15) is 14.0 Å². The molecule has 6 heteroatoms. The predicted octanol–water partition coefficient (Wildman–Crippen LogP) is 3.27. The van der Waals surface area contributed by atoms with Crippen molar-refractivity contribution in [3.63, 3.8) is 0 Å². The van der Waals surface area contributed by atoms with Gasteiger partial charge < -0.3 is 10.6 Å². The molecule has 2 amide bonds. The van der Waals surface area contributed by atoms with Crippen molar-refractivity contribution < 1.29 is 14.0 Å². The summed E-state index contributed by atoms with van der Waals surface area (Å²) in [6, 6.07) is 9.68. The molecule has 0 saturated heterocycles. The fourth-order valence-corrected chi connectivity index (χ4v) is 3.02. The monoisotopic (exact) mass is 334 g/mol. The van der Waals surface area contributed by atoms with Crippen LogP contribution in [0, 0.1) is 5.82 Å². The van der Waals surface area contributed by atoms with Gasteiger partial charge in [-0.15, -0.1) is 11.3 Å². The first-order chi connectivity index (χ1) is 11.1. The molecule has 0 spiro atoms. The van der Waals surface area contributed by atoms with Gasteiger partial charge in [-0.25, -0.2) is 4.39 Å². The summed E-state index contributed by atoms with van der Waals surface area (Å²) in [7, 11) is 0. The van der Waals surface area contributed by atoms with E-state index in [0.29, 0.717) is 0 Å². The zero-order valence-corrected chi connectivity index (χ0v) is 13.7. The summed E-state index contributed by atoms with van der Waals surface area (Å²) < 4.78 is 13.5. The molecular weight excluding hydrogens is 315 g/mol. The number of hydrogen-bond donors (Lipinski definition) is 2. The van der Waals surface area contributed by atoms with E-state index in [2.05, 4.69) is 10.6 Å². The minimum absolute atomic E-state index is 0.00947. The molecule has 1 heterocycles. The molecule has 23 heavy (non-hydrogen) atoms. The average molecular weight is 334 g/mol. The van der Waals surface area contributed by atoms with Crippen LogP contribution in [0.4, 0.5) is 4.39 Å². The fourth-order valence-electron chi connectivity index (χ4n) is 2.16. The lowest BCUT2D eigenvalue weighted by atomic mass is 10.2. The molecular formula is C17H19FN2O2S. The Hall–Kier alpha value is -2.21. The van der Waals surface area contributed by atoms with Crippen LogP contribution in [0.3, 0.4) is 0 Å². The molecule has 2 aromatic rings. The second-order valence-corrected chi connectivity index (χ2v) is 6.01. The molecule has 0 radical (unpaired) electrons. The molecule has 0 saturated carbocycles. The van der Waals surface area contributed by atoms with E-state index in [4.69, 9.17) is 0 Å². The second-order valence-electron chi connectivity index (χ2n) is 5.03. The lowest BCUT2D eigenvalue weighted by Crippen LogP contribution is -2.32. The molecule has 122 valence electrons. The number of thiophene rings is 1. The number of carbonyl (C=O) groups is 2. The van der Waals surface area contributed by atoms with Crippen molar-refractivity contribution in [2.75, 3.05) is 6.54 Å². The Morgan fingerprint density at radius 1 is 1.22 bits per heavy atom. The van der Waals surface area contributed by atoms with E-state index in [1.165, 1.54) is 18.2 Å². The third-order valence-electron chi connectivity index (χ3n) is 3.39. The van der Waals surface area contributed by atoms with Crippen LogP contribution in [0.15, 0.2) is 41.8 Å². The van der Waals surface area contributed by atoms with Crippen LogP contribution < -0.4 is 10.6 Å². The lowest BCUT2D eigenvalue weighted by molar-refractivity contribution is -0.121. The number of amides is 2. The van der Waals surface area contributed by atoms with Gasteiger partial charge in [0.2, 0.25) is 5.91 Å². The molecule has 1 atom stereocenters. The summed E-state index contributed by atoms with van der Waals surface area (Å²) in [4.78, 5) is 24.9. The van der Waals surface area contributed by atoms with Crippen LogP contribution in [0.5, 0.6) is 0 Å². The summed E-state index contributed by atoms with van der Waals surface area (Å²) in [5, 5.41) is 7.47. The maximum absolute atomic E-state index is 13.5. The van der Waals surface area contributed by atoms with E-state index >= 15 is 0 Å². The maximum Gasteiger partial charge on any atom is 0.254 e. The highest BCUT2D eigenvalue weighted by Crippen LogP contribution is 2.21. The van der Waals surface area contributed by atoms with E-state index in [1.807, 2.05) is 24.4 Å². The van der Waals surface area contributed by atoms with Crippen LogP contribution in [0.2, 0.25) is 0 Å². The largest absolute Gasteiger partial charge is 0.351 e. The summed E-state index contributed by atoms with van der Waals surface area (Å²) in [5.74, 6) is -1.22. The van der Waals surface area contributed by atoms with Gasteiger partial charge >= 0.3 is 0 Å².